The molecule has 6 heteroatoms. The lowest BCUT2D eigenvalue weighted by Crippen LogP contribution is -2.26. The Labute approximate surface area is 68.5 Å². The quantitative estimate of drug-likeness (QED) is 0.415. The van der Waals surface area contributed by atoms with Crippen LogP contribution < -0.4 is 5.48 Å². The number of carbonyl (C=O) groups excluding carboxylic acids is 2. The molecule has 0 rings (SSSR count). The zero-order valence-electron chi connectivity index (χ0n) is 6.49. The Morgan fingerprint density at radius 3 is 2.42 bits per heavy atom. The van der Waals surface area contributed by atoms with Crippen molar-refractivity contribution in [2.24, 2.45) is 0 Å². The molecule has 0 bridgehead atoms. The second kappa shape index (κ2) is 5.25. The van der Waals surface area contributed by atoms with Crippen molar-refractivity contribution in [1.82, 2.24) is 5.48 Å². The third-order valence-corrected chi connectivity index (χ3v) is 0.803. The van der Waals surface area contributed by atoms with E-state index in [-0.39, 0.29) is 12.2 Å². The molecule has 12 heavy (non-hydrogen) atoms. The molecule has 0 atom stereocenters. The monoisotopic (exact) mass is 175 g/mol. The third kappa shape index (κ3) is 6.69. The molecule has 0 radical (unpaired) electrons. The number of carboxylic acid groups (broad SMARTS) is 1. The molecule has 0 amide bonds. The van der Waals surface area contributed by atoms with Crippen molar-refractivity contribution in [1.29, 1.82) is 0 Å². The molecule has 0 heterocycles. The van der Waals surface area contributed by atoms with Gasteiger partial charge in [0, 0.05) is 0 Å². The largest absolute Gasteiger partial charge is 0.480 e. The number of carbonyl (C=O) groups is 3. The first-order chi connectivity index (χ1) is 5.52. The number of hydrogen-bond acceptors (Lipinski definition) is 5. The average Bonchev–Trinajstić information content (AvgIpc) is 1.84. The second-order valence-electron chi connectivity index (χ2n) is 2.07. The lowest BCUT2D eigenvalue weighted by molar-refractivity contribution is -0.154. The molecule has 0 aromatic rings. The summed E-state index contributed by atoms with van der Waals surface area (Å²) >= 11 is 0. The molecule has 68 valence electrons. The highest BCUT2D eigenvalue weighted by atomic mass is 16.7. The van der Waals surface area contributed by atoms with Crippen LogP contribution in [0.3, 0.4) is 0 Å². The van der Waals surface area contributed by atoms with E-state index in [0.29, 0.717) is 0 Å². The lowest BCUT2D eigenvalue weighted by atomic mass is 10.3. The number of rotatable bonds is 5. The van der Waals surface area contributed by atoms with Gasteiger partial charge in [-0.25, -0.2) is 4.79 Å². The lowest BCUT2D eigenvalue weighted by Gasteiger charge is -2.00. The average molecular weight is 175 g/mol. The minimum absolute atomic E-state index is 0.336. The van der Waals surface area contributed by atoms with Gasteiger partial charge in [0.15, 0.2) is 0 Å². The summed E-state index contributed by atoms with van der Waals surface area (Å²) in [5, 5.41) is 8.09. The molecule has 0 spiro atoms. The molecule has 0 aromatic carbocycles. The normalized spacial score (nSPS) is 9.08. The topological polar surface area (TPSA) is 92.7 Å². The van der Waals surface area contributed by atoms with E-state index in [2.05, 4.69) is 4.84 Å². The van der Waals surface area contributed by atoms with E-state index in [4.69, 9.17) is 5.11 Å². The van der Waals surface area contributed by atoms with Crippen LogP contribution in [0.1, 0.15) is 13.3 Å². The summed E-state index contributed by atoms with van der Waals surface area (Å²) in [5.74, 6) is -2.27. The van der Waals surface area contributed by atoms with Gasteiger partial charge >= 0.3 is 11.9 Å². The van der Waals surface area contributed by atoms with Gasteiger partial charge in [0.25, 0.3) is 0 Å². The number of hydroxylamine groups is 1. The van der Waals surface area contributed by atoms with Crippen molar-refractivity contribution in [3.63, 3.8) is 0 Å². The maximum Gasteiger partial charge on any atom is 0.332 e. The van der Waals surface area contributed by atoms with Crippen LogP contribution in [0.5, 0.6) is 0 Å². The first kappa shape index (κ1) is 10.6. The van der Waals surface area contributed by atoms with Crippen LogP contribution in [0.25, 0.3) is 0 Å². The molecule has 0 aliphatic carbocycles. The summed E-state index contributed by atoms with van der Waals surface area (Å²) in [6.07, 6.45) is -0.355. The predicted octanol–water partition coefficient (Wildman–Crippen LogP) is -0.902. The van der Waals surface area contributed by atoms with E-state index in [1.807, 2.05) is 5.48 Å². The Hall–Kier alpha value is -1.43. The highest BCUT2D eigenvalue weighted by Crippen LogP contribution is 1.84. The van der Waals surface area contributed by atoms with Crippen LogP contribution in [0.4, 0.5) is 0 Å². The van der Waals surface area contributed by atoms with Gasteiger partial charge in [-0.2, -0.15) is 0 Å². The van der Waals surface area contributed by atoms with E-state index in [0.717, 1.165) is 0 Å². The zero-order valence-corrected chi connectivity index (χ0v) is 6.49. The molecule has 0 aliphatic rings. The van der Waals surface area contributed by atoms with Gasteiger partial charge in [-0.1, -0.05) is 0 Å². The zero-order chi connectivity index (χ0) is 9.56. The fourth-order valence-electron chi connectivity index (χ4n) is 0.418. The number of carboxylic acids is 1. The van der Waals surface area contributed by atoms with Crippen LogP contribution >= 0.6 is 0 Å². The smallest absolute Gasteiger partial charge is 0.332 e. The molecule has 0 saturated carbocycles. The number of nitrogens with one attached hydrogen (secondary N) is 1. The van der Waals surface area contributed by atoms with Crippen LogP contribution in [0.2, 0.25) is 0 Å². The molecular weight excluding hydrogens is 166 g/mol. The fraction of sp³-hybridized carbons (Fsp3) is 0.500. The first-order valence-electron chi connectivity index (χ1n) is 3.16. The summed E-state index contributed by atoms with van der Waals surface area (Å²) in [6, 6.07) is 0. The van der Waals surface area contributed by atoms with Crippen molar-refractivity contribution in [3.05, 3.63) is 0 Å². The van der Waals surface area contributed by atoms with E-state index in [9.17, 15) is 14.4 Å². The maximum atomic E-state index is 10.5. The summed E-state index contributed by atoms with van der Waals surface area (Å²) in [7, 11) is 0. The van der Waals surface area contributed by atoms with Gasteiger partial charge in [0.2, 0.25) is 0 Å². The van der Waals surface area contributed by atoms with Gasteiger partial charge in [-0.15, -0.1) is 5.48 Å². The van der Waals surface area contributed by atoms with Gasteiger partial charge < -0.3 is 9.94 Å². The van der Waals surface area contributed by atoms with Crippen molar-refractivity contribution in [2.75, 3.05) is 6.54 Å². The highest BCUT2D eigenvalue weighted by molar-refractivity contribution is 5.94. The molecule has 0 aromatic heterocycles. The van der Waals surface area contributed by atoms with Crippen LogP contribution in [0, 0.1) is 0 Å². The summed E-state index contributed by atoms with van der Waals surface area (Å²) < 4.78 is 0. The van der Waals surface area contributed by atoms with Crippen LogP contribution in [-0.4, -0.2) is 29.4 Å². The number of ketones is 1. The minimum atomic E-state index is -1.15. The van der Waals surface area contributed by atoms with E-state index >= 15 is 0 Å². The summed E-state index contributed by atoms with van der Waals surface area (Å²) in [6.45, 7) is 0.752. The first-order valence-corrected chi connectivity index (χ1v) is 3.16. The summed E-state index contributed by atoms with van der Waals surface area (Å²) in [4.78, 5) is 34.9. The van der Waals surface area contributed by atoms with E-state index in [1.54, 1.807) is 0 Å². The predicted molar refractivity (Wildman–Crippen MR) is 37.0 cm³/mol. The van der Waals surface area contributed by atoms with Crippen molar-refractivity contribution < 1.29 is 24.3 Å². The van der Waals surface area contributed by atoms with Gasteiger partial charge in [0.05, 0.1) is 0 Å². The Balaban J connectivity index is 3.44. The highest BCUT2D eigenvalue weighted by Gasteiger charge is 2.06. The Morgan fingerprint density at radius 2 is 2.00 bits per heavy atom. The van der Waals surface area contributed by atoms with Crippen molar-refractivity contribution >= 4 is 17.7 Å². The van der Waals surface area contributed by atoms with E-state index < -0.39 is 18.5 Å². The standard InChI is InChI=1S/C6H9NO5/c1-4(8)2-6(11)12-7-3-5(9)10/h7H,2-3H2,1H3,(H,9,10). The van der Waals surface area contributed by atoms with Crippen molar-refractivity contribution in [2.45, 2.75) is 13.3 Å². The Kier molecular flexibility index (Phi) is 4.62. The molecule has 0 unspecified atom stereocenters. The molecule has 0 saturated heterocycles. The molecule has 6 nitrogen and oxygen atoms in total. The summed E-state index contributed by atoms with van der Waals surface area (Å²) in [5.41, 5.74) is 1.89. The molecule has 2 N–H and O–H groups in total. The van der Waals surface area contributed by atoms with E-state index in [1.165, 1.54) is 6.92 Å². The van der Waals surface area contributed by atoms with Crippen LogP contribution in [-0.2, 0) is 19.2 Å². The second-order valence-corrected chi connectivity index (χ2v) is 2.07. The van der Waals surface area contributed by atoms with Gasteiger partial charge in [-0.3, -0.25) is 9.59 Å². The minimum Gasteiger partial charge on any atom is -0.480 e. The van der Waals surface area contributed by atoms with Crippen molar-refractivity contribution in [3.8, 4) is 0 Å². The fourth-order valence-corrected chi connectivity index (χ4v) is 0.418. The molecule has 0 aliphatic heterocycles. The number of Topliss-reactive ketones (excluding diaryl/α,β-unsaturated/α-hetero) is 1. The SMILES string of the molecule is CC(=O)CC(=O)ONCC(=O)O. The Bertz CT molecular complexity index is 200. The molecular formula is C6H9NO5. The Morgan fingerprint density at radius 1 is 1.42 bits per heavy atom. The van der Waals surface area contributed by atoms with Gasteiger partial charge in [0.1, 0.15) is 18.7 Å². The van der Waals surface area contributed by atoms with Gasteiger partial charge in [-0.05, 0) is 6.92 Å². The number of hydrogen-bond donors (Lipinski definition) is 2. The maximum absolute atomic E-state index is 10.5. The molecule has 0 fully saturated rings. The third-order valence-electron chi connectivity index (χ3n) is 0.803. The number of aliphatic carboxylic acids is 1. The van der Waals surface area contributed by atoms with Crippen LogP contribution in [0.15, 0.2) is 0 Å².